The fourth-order valence-electron chi connectivity index (χ4n) is 2.52. The van der Waals surface area contributed by atoms with Gasteiger partial charge in [0.05, 0.1) is 0 Å². The molecule has 1 saturated carbocycles. The van der Waals surface area contributed by atoms with Gasteiger partial charge in [-0.2, -0.15) is 0 Å². The molecule has 0 spiro atoms. The fourth-order valence-corrected chi connectivity index (χ4v) is 2.52. The molecule has 64 valence electrons. The Labute approximate surface area is 69.3 Å². The highest BCUT2D eigenvalue weighted by molar-refractivity contribution is 6.17. The number of hydrogen-bond donors (Lipinski definition) is 1. The van der Waals surface area contributed by atoms with Gasteiger partial charge in [-0.15, -0.1) is 0 Å². The fraction of sp³-hybridized carbons (Fsp3) is 0.750. The van der Waals surface area contributed by atoms with Gasteiger partial charge in [-0.05, 0) is 25.7 Å². The number of amides is 2. The molecule has 2 saturated heterocycles. The van der Waals surface area contributed by atoms with Crippen LogP contribution in [0.3, 0.4) is 0 Å². The van der Waals surface area contributed by atoms with E-state index in [9.17, 15) is 9.59 Å². The van der Waals surface area contributed by atoms with Crippen LogP contribution in [0.25, 0.3) is 0 Å². The molecule has 0 radical (unpaired) electrons. The van der Waals surface area contributed by atoms with Crippen LogP contribution in [-0.4, -0.2) is 23.0 Å². The molecule has 2 aliphatic heterocycles. The van der Waals surface area contributed by atoms with E-state index < -0.39 is 11.2 Å². The van der Waals surface area contributed by atoms with Crippen molar-refractivity contribution in [3.63, 3.8) is 0 Å². The van der Waals surface area contributed by atoms with Gasteiger partial charge in [-0.3, -0.25) is 14.9 Å². The summed E-state index contributed by atoms with van der Waals surface area (Å²) < 4.78 is 5.35. The van der Waals surface area contributed by atoms with E-state index in [1.54, 1.807) is 0 Å². The molecule has 2 heterocycles. The van der Waals surface area contributed by atoms with Crippen molar-refractivity contribution in [3.8, 4) is 0 Å². The first-order valence-electron chi connectivity index (χ1n) is 4.27. The Morgan fingerprint density at radius 1 is 1.08 bits per heavy atom. The highest BCUT2D eigenvalue weighted by Crippen LogP contribution is 2.60. The van der Waals surface area contributed by atoms with Crippen molar-refractivity contribution >= 4 is 11.8 Å². The van der Waals surface area contributed by atoms with E-state index in [-0.39, 0.29) is 11.8 Å². The molecule has 4 nitrogen and oxygen atoms in total. The number of hydrogen-bond acceptors (Lipinski definition) is 3. The lowest BCUT2D eigenvalue weighted by atomic mass is 9.81. The molecule has 3 aliphatic rings. The van der Waals surface area contributed by atoms with Gasteiger partial charge in [0.1, 0.15) is 0 Å². The SMILES string of the molecule is O=C1NC(=O)C23CCCCC12O3. The Hall–Kier alpha value is -0.900. The zero-order valence-corrected chi connectivity index (χ0v) is 6.55. The Morgan fingerprint density at radius 2 is 1.58 bits per heavy atom. The molecule has 3 rings (SSSR count). The lowest BCUT2D eigenvalue weighted by molar-refractivity contribution is -0.134. The Balaban J connectivity index is 2.09. The molecule has 0 bridgehead atoms. The van der Waals surface area contributed by atoms with E-state index in [0.29, 0.717) is 12.8 Å². The standard InChI is InChI=1S/C8H9NO3/c10-5-7-3-1-2-4-8(7,12-7)6(11)9-5/h1-4H2,(H,9,10,11). The monoisotopic (exact) mass is 167 g/mol. The Bertz CT molecular complexity index is 273. The van der Waals surface area contributed by atoms with Crippen LogP contribution >= 0.6 is 0 Å². The number of imide groups is 1. The van der Waals surface area contributed by atoms with Crippen molar-refractivity contribution < 1.29 is 14.3 Å². The number of carbonyl (C=O) groups excluding carboxylic acids is 2. The van der Waals surface area contributed by atoms with E-state index in [0.717, 1.165) is 12.8 Å². The average Bonchev–Trinajstić information content (AvgIpc) is 2.69. The molecule has 0 aromatic carbocycles. The summed E-state index contributed by atoms with van der Waals surface area (Å²) in [7, 11) is 0. The zero-order valence-electron chi connectivity index (χ0n) is 6.55. The summed E-state index contributed by atoms with van der Waals surface area (Å²) in [5.41, 5.74) is -1.47. The van der Waals surface area contributed by atoms with Gasteiger partial charge >= 0.3 is 0 Å². The summed E-state index contributed by atoms with van der Waals surface area (Å²) in [6.45, 7) is 0. The van der Waals surface area contributed by atoms with Crippen LogP contribution in [-0.2, 0) is 14.3 Å². The zero-order chi connectivity index (χ0) is 8.40. The third-order valence-electron chi connectivity index (χ3n) is 3.23. The minimum atomic E-state index is -0.734. The highest BCUT2D eigenvalue weighted by Gasteiger charge is 2.83. The smallest absolute Gasteiger partial charge is 0.262 e. The summed E-state index contributed by atoms with van der Waals surface area (Å²) in [6.07, 6.45) is 3.40. The maximum Gasteiger partial charge on any atom is 0.262 e. The molecule has 1 aliphatic carbocycles. The molecule has 0 aromatic heterocycles. The van der Waals surface area contributed by atoms with Crippen LogP contribution in [0.1, 0.15) is 25.7 Å². The minimum Gasteiger partial charge on any atom is -0.341 e. The molecular weight excluding hydrogens is 158 g/mol. The first-order chi connectivity index (χ1) is 5.71. The van der Waals surface area contributed by atoms with Crippen LogP contribution in [0, 0.1) is 0 Å². The largest absolute Gasteiger partial charge is 0.341 e. The van der Waals surface area contributed by atoms with Crippen LogP contribution in [0.15, 0.2) is 0 Å². The molecule has 0 aromatic rings. The van der Waals surface area contributed by atoms with Gasteiger partial charge in [-0.25, -0.2) is 0 Å². The van der Waals surface area contributed by atoms with Crippen molar-refractivity contribution in [1.82, 2.24) is 5.32 Å². The number of carbonyl (C=O) groups is 2. The highest BCUT2D eigenvalue weighted by atomic mass is 16.6. The van der Waals surface area contributed by atoms with Gasteiger partial charge in [0.2, 0.25) is 0 Å². The molecule has 2 unspecified atom stereocenters. The van der Waals surface area contributed by atoms with Crippen LogP contribution in [0.5, 0.6) is 0 Å². The average molecular weight is 167 g/mol. The van der Waals surface area contributed by atoms with Gasteiger partial charge in [0.25, 0.3) is 11.8 Å². The quantitative estimate of drug-likeness (QED) is 0.399. The van der Waals surface area contributed by atoms with Crippen molar-refractivity contribution in [2.24, 2.45) is 0 Å². The third-order valence-corrected chi connectivity index (χ3v) is 3.23. The molecule has 2 atom stereocenters. The molecular formula is C8H9NO3. The second-order valence-electron chi connectivity index (χ2n) is 3.75. The molecule has 4 heteroatoms. The van der Waals surface area contributed by atoms with Gasteiger partial charge < -0.3 is 4.74 Å². The van der Waals surface area contributed by atoms with Crippen LogP contribution in [0.2, 0.25) is 0 Å². The van der Waals surface area contributed by atoms with E-state index in [1.165, 1.54) is 0 Å². The minimum absolute atomic E-state index is 0.216. The first-order valence-corrected chi connectivity index (χ1v) is 4.27. The Kier molecular flexibility index (Phi) is 0.862. The van der Waals surface area contributed by atoms with Crippen LogP contribution < -0.4 is 5.32 Å². The van der Waals surface area contributed by atoms with Crippen LogP contribution in [0.4, 0.5) is 0 Å². The van der Waals surface area contributed by atoms with Gasteiger partial charge in [0, 0.05) is 0 Å². The van der Waals surface area contributed by atoms with E-state index >= 15 is 0 Å². The first kappa shape index (κ1) is 6.60. The summed E-state index contributed by atoms with van der Waals surface area (Å²) in [5.74, 6) is -0.431. The van der Waals surface area contributed by atoms with E-state index in [1.807, 2.05) is 0 Å². The third kappa shape index (κ3) is 0.434. The number of morpholine rings is 1. The number of rotatable bonds is 0. The number of ether oxygens (including phenoxy) is 1. The maximum atomic E-state index is 11.3. The lowest BCUT2D eigenvalue weighted by Crippen LogP contribution is -2.32. The predicted octanol–water partition coefficient (Wildman–Crippen LogP) is -0.275. The summed E-state index contributed by atoms with van der Waals surface area (Å²) in [5, 5.41) is 2.34. The van der Waals surface area contributed by atoms with E-state index in [4.69, 9.17) is 4.74 Å². The predicted molar refractivity (Wildman–Crippen MR) is 38.2 cm³/mol. The molecule has 1 N–H and O–H groups in total. The second-order valence-corrected chi connectivity index (χ2v) is 3.75. The summed E-state index contributed by atoms with van der Waals surface area (Å²) in [6, 6.07) is 0. The topological polar surface area (TPSA) is 58.7 Å². The van der Waals surface area contributed by atoms with Crippen molar-refractivity contribution in [2.45, 2.75) is 36.9 Å². The molecule has 12 heavy (non-hydrogen) atoms. The molecule has 2 amide bonds. The van der Waals surface area contributed by atoms with Gasteiger partial charge in [-0.1, -0.05) is 0 Å². The lowest BCUT2D eigenvalue weighted by Gasteiger charge is -2.13. The van der Waals surface area contributed by atoms with E-state index in [2.05, 4.69) is 5.32 Å². The Morgan fingerprint density at radius 3 is 2.08 bits per heavy atom. The number of epoxide rings is 1. The maximum absolute atomic E-state index is 11.3. The normalized spacial score (nSPS) is 49.7. The van der Waals surface area contributed by atoms with Gasteiger partial charge in [0.15, 0.2) is 11.2 Å². The summed E-state index contributed by atoms with van der Waals surface area (Å²) >= 11 is 0. The number of nitrogens with one attached hydrogen (secondary N) is 1. The molecule has 3 fully saturated rings. The van der Waals surface area contributed by atoms with Crippen molar-refractivity contribution in [2.75, 3.05) is 0 Å². The van der Waals surface area contributed by atoms with Crippen molar-refractivity contribution in [3.05, 3.63) is 0 Å². The summed E-state index contributed by atoms with van der Waals surface area (Å²) in [4.78, 5) is 22.6. The van der Waals surface area contributed by atoms with Crippen molar-refractivity contribution in [1.29, 1.82) is 0 Å². The second kappa shape index (κ2) is 1.57.